The number of fused-ring (bicyclic) bond motifs is 1. The van der Waals surface area contributed by atoms with Gasteiger partial charge in [0.05, 0.1) is 11.4 Å². The highest BCUT2D eigenvalue weighted by Crippen LogP contribution is 2.30. The summed E-state index contributed by atoms with van der Waals surface area (Å²) in [6.07, 6.45) is 3.93. The number of aryl methyl sites for hydroxylation is 2. The average molecular weight is 285 g/mol. The minimum Gasteiger partial charge on any atom is -0.397 e. The summed E-state index contributed by atoms with van der Waals surface area (Å²) in [6.45, 7) is 0.760. The van der Waals surface area contributed by atoms with E-state index in [1.807, 2.05) is 29.9 Å². The SMILES string of the molecule is Cn1nccc1CCNc1cc2c(cc1N)CCC(=O)N2. The summed E-state index contributed by atoms with van der Waals surface area (Å²) in [5.41, 5.74) is 10.8. The van der Waals surface area contributed by atoms with Crippen LogP contribution in [0.25, 0.3) is 0 Å². The minimum atomic E-state index is 0.0631. The zero-order chi connectivity index (χ0) is 14.8. The van der Waals surface area contributed by atoms with Gasteiger partial charge in [-0.1, -0.05) is 0 Å². The first-order chi connectivity index (χ1) is 10.1. The predicted molar refractivity (Wildman–Crippen MR) is 83.2 cm³/mol. The third-order valence-electron chi connectivity index (χ3n) is 3.79. The van der Waals surface area contributed by atoms with Crippen molar-refractivity contribution < 1.29 is 4.79 Å². The van der Waals surface area contributed by atoms with Crippen molar-refractivity contribution in [1.29, 1.82) is 0 Å². The molecule has 1 aromatic heterocycles. The highest BCUT2D eigenvalue weighted by Gasteiger charge is 2.16. The summed E-state index contributed by atoms with van der Waals surface area (Å²) < 4.78 is 1.86. The Bertz CT molecular complexity index is 677. The molecule has 0 aliphatic carbocycles. The molecule has 2 heterocycles. The monoisotopic (exact) mass is 285 g/mol. The van der Waals surface area contributed by atoms with Gasteiger partial charge in [0.25, 0.3) is 0 Å². The highest BCUT2D eigenvalue weighted by atomic mass is 16.1. The van der Waals surface area contributed by atoms with Crippen LogP contribution in [0.5, 0.6) is 0 Å². The molecule has 110 valence electrons. The van der Waals surface area contributed by atoms with Crippen LogP contribution in [-0.2, 0) is 24.7 Å². The van der Waals surface area contributed by atoms with Crippen molar-refractivity contribution in [3.63, 3.8) is 0 Å². The Balaban J connectivity index is 1.69. The Hall–Kier alpha value is -2.50. The van der Waals surface area contributed by atoms with E-state index in [4.69, 9.17) is 5.73 Å². The zero-order valence-corrected chi connectivity index (χ0v) is 12.0. The second kappa shape index (κ2) is 5.47. The van der Waals surface area contributed by atoms with E-state index in [1.54, 1.807) is 6.20 Å². The molecule has 0 saturated heterocycles. The van der Waals surface area contributed by atoms with Gasteiger partial charge in [0.15, 0.2) is 0 Å². The lowest BCUT2D eigenvalue weighted by molar-refractivity contribution is -0.116. The Labute approximate surface area is 123 Å². The van der Waals surface area contributed by atoms with Crippen LogP contribution < -0.4 is 16.4 Å². The van der Waals surface area contributed by atoms with Crippen LogP contribution in [0.4, 0.5) is 17.1 Å². The maximum atomic E-state index is 11.5. The second-order valence-corrected chi connectivity index (χ2v) is 5.27. The molecule has 1 amide bonds. The molecule has 0 saturated carbocycles. The van der Waals surface area contributed by atoms with Crippen molar-refractivity contribution in [3.8, 4) is 0 Å². The number of nitrogen functional groups attached to an aromatic ring is 1. The summed E-state index contributed by atoms with van der Waals surface area (Å²) in [6, 6.07) is 5.87. The molecule has 3 rings (SSSR count). The van der Waals surface area contributed by atoms with Crippen molar-refractivity contribution in [2.45, 2.75) is 19.3 Å². The van der Waals surface area contributed by atoms with Crippen LogP contribution in [0.15, 0.2) is 24.4 Å². The molecule has 6 heteroatoms. The number of hydrogen-bond acceptors (Lipinski definition) is 4. The van der Waals surface area contributed by atoms with Gasteiger partial charge < -0.3 is 16.4 Å². The van der Waals surface area contributed by atoms with E-state index in [1.165, 1.54) is 0 Å². The van der Waals surface area contributed by atoms with E-state index in [9.17, 15) is 4.79 Å². The molecule has 1 aliphatic heterocycles. The lowest BCUT2D eigenvalue weighted by atomic mass is 10.0. The molecule has 0 spiro atoms. The number of anilines is 3. The summed E-state index contributed by atoms with van der Waals surface area (Å²) in [4.78, 5) is 11.5. The first kappa shape index (κ1) is 13.5. The van der Waals surface area contributed by atoms with E-state index in [2.05, 4.69) is 15.7 Å². The number of nitrogens with one attached hydrogen (secondary N) is 2. The lowest BCUT2D eigenvalue weighted by Gasteiger charge is -2.19. The lowest BCUT2D eigenvalue weighted by Crippen LogP contribution is -2.19. The van der Waals surface area contributed by atoms with E-state index >= 15 is 0 Å². The van der Waals surface area contributed by atoms with Crippen LogP contribution in [-0.4, -0.2) is 22.2 Å². The first-order valence-corrected chi connectivity index (χ1v) is 7.06. The van der Waals surface area contributed by atoms with Crippen LogP contribution >= 0.6 is 0 Å². The van der Waals surface area contributed by atoms with Crippen LogP contribution in [0.2, 0.25) is 0 Å². The van der Waals surface area contributed by atoms with Gasteiger partial charge >= 0.3 is 0 Å². The quantitative estimate of drug-likeness (QED) is 0.744. The molecule has 6 nitrogen and oxygen atoms in total. The summed E-state index contributed by atoms with van der Waals surface area (Å²) in [5.74, 6) is 0.0631. The molecule has 0 bridgehead atoms. The van der Waals surface area contributed by atoms with Gasteiger partial charge in [0, 0.05) is 44.0 Å². The van der Waals surface area contributed by atoms with Crippen LogP contribution in [0, 0.1) is 0 Å². The number of aromatic nitrogens is 2. The maximum Gasteiger partial charge on any atom is 0.224 e. The molecule has 0 radical (unpaired) electrons. The van der Waals surface area contributed by atoms with Gasteiger partial charge in [-0.25, -0.2) is 0 Å². The fourth-order valence-electron chi connectivity index (χ4n) is 2.57. The number of nitrogens with zero attached hydrogens (tertiary/aromatic N) is 2. The summed E-state index contributed by atoms with van der Waals surface area (Å²) >= 11 is 0. The average Bonchev–Trinajstić information content (AvgIpc) is 2.85. The van der Waals surface area contributed by atoms with Gasteiger partial charge in [-0.2, -0.15) is 5.10 Å². The molecule has 0 fully saturated rings. The molecule has 21 heavy (non-hydrogen) atoms. The van der Waals surface area contributed by atoms with Crippen molar-refractivity contribution in [3.05, 3.63) is 35.7 Å². The van der Waals surface area contributed by atoms with E-state index in [0.717, 1.165) is 47.7 Å². The largest absolute Gasteiger partial charge is 0.397 e. The topological polar surface area (TPSA) is 85.0 Å². The Morgan fingerprint density at radius 2 is 2.29 bits per heavy atom. The van der Waals surface area contributed by atoms with Crippen molar-refractivity contribution in [2.24, 2.45) is 7.05 Å². The fourth-order valence-corrected chi connectivity index (χ4v) is 2.57. The Morgan fingerprint density at radius 1 is 1.43 bits per heavy atom. The predicted octanol–water partition coefficient (Wildman–Crippen LogP) is 1.54. The molecule has 4 N–H and O–H groups in total. The van der Waals surface area contributed by atoms with Crippen LogP contribution in [0.1, 0.15) is 17.7 Å². The summed E-state index contributed by atoms with van der Waals surface area (Å²) in [5, 5.41) is 10.4. The number of nitrogens with two attached hydrogens (primary N) is 1. The number of carbonyl (C=O) groups excluding carboxylic acids is 1. The molecule has 2 aromatic rings. The number of hydrogen-bond donors (Lipinski definition) is 3. The summed E-state index contributed by atoms with van der Waals surface area (Å²) in [7, 11) is 1.93. The van der Waals surface area contributed by atoms with Gasteiger partial charge in [-0.3, -0.25) is 9.48 Å². The van der Waals surface area contributed by atoms with Gasteiger partial charge in [-0.15, -0.1) is 0 Å². The van der Waals surface area contributed by atoms with E-state index in [-0.39, 0.29) is 5.91 Å². The van der Waals surface area contributed by atoms with Gasteiger partial charge in [0.2, 0.25) is 5.91 Å². The second-order valence-electron chi connectivity index (χ2n) is 5.27. The van der Waals surface area contributed by atoms with Crippen molar-refractivity contribution in [2.75, 3.05) is 22.9 Å². The Kier molecular flexibility index (Phi) is 3.51. The molecule has 1 aliphatic rings. The third kappa shape index (κ3) is 2.84. The molecule has 0 unspecified atom stereocenters. The molecular formula is C15H19N5O. The van der Waals surface area contributed by atoms with Crippen LogP contribution in [0.3, 0.4) is 0 Å². The zero-order valence-electron chi connectivity index (χ0n) is 12.0. The first-order valence-electron chi connectivity index (χ1n) is 7.06. The molecule has 0 atom stereocenters. The Morgan fingerprint density at radius 3 is 3.05 bits per heavy atom. The smallest absolute Gasteiger partial charge is 0.224 e. The van der Waals surface area contributed by atoms with E-state index in [0.29, 0.717) is 6.42 Å². The molecule has 1 aromatic carbocycles. The van der Waals surface area contributed by atoms with Gasteiger partial charge in [-0.05, 0) is 30.2 Å². The van der Waals surface area contributed by atoms with Gasteiger partial charge in [0.1, 0.15) is 0 Å². The number of amides is 1. The van der Waals surface area contributed by atoms with Crippen molar-refractivity contribution in [1.82, 2.24) is 9.78 Å². The number of rotatable bonds is 4. The van der Waals surface area contributed by atoms with Crippen molar-refractivity contribution >= 4 is 23.0 Å². The highest BCUT2D eigenvalue weighted by molar-refractivity contribution is 5.95. The number of benzene rings is 1. The fraction of sp³-hybridized carbons (Fsp3) is 0.333. The minimum absolute atomic E-state index is 0.0631. The maximum absolute atomic E-state index is 11.5. The number of carbonyl (C=O) groups is 1. The standard InChI is InChI=1S/C15H19N5O/c1-20-11(5-7-18-20)4-6-17-14-9-13-10(8-12(14)16)2-3-15(21)19-13/h5,7-9,17H,2-4,6,16H2,1H3,(H,19,21). The normalized spacial score (nSPS) is 13.7. The third-order valence-corrected chi connectivity index (χ3v) is 3.79. The molecular weight excluding hydrogens is 266 g/mol. The van der Waals surface area contributed by atoms with E-state index < -0.39 is 0 Å².